The van der Waals surface area contributed by atoms with Crippen molar-refractivity contribution in [2.24, 2.45) is 5.92 Å². The molecule has 1 saturated heterocycles. The Morgan fingerprint density at radius 3 is 2.33 bits per heavy atom. The maximum absolute atomic E-state index is 13.6. The zero-order chi connectivity index (χ0) is 29.6. The average Bonchev–Trinajstić information content (AvgIpc) is 2.87. The summed E-state index contributed by atoms with van der Waals surface area (Å²) in [6.45, 7) is 11.1. The van der Waals surface area contributed by atoms with Crippen molar-refractivity contribution in [3.63, 3.8) is 0 Å². The largest absolute Gasteiger partial charge is 0.491 e. The lowest BCUT2D eigenvalue weighted by Gasteiger charge is -2.37. The monoisotopic (exact) mass is 559 g/mol. The van der Waals surface area contributed by atoms with E-state index in [9.17, 15) is 24.0 Å². The molecule has 2 aliphatic heterocycles. The SMILES string of the molecule is CC(C)[C@H]1NC(=O)C(C)(C)NC(=O)C[C@@H](C(=O)N2C[C@@H](C)O[C@@H](C)C2)NC(=O)c2ccccc2OCCNC1=O. The molecule has 12 nitrogen and oxygen atoms in total. The Morgan fingerprint density at radius 2 is 1.68 bits per heavy atom. The first-order chi connectivity index (χ1) is 18.8. The third kappa shape index (κ3) is 7.93. The first-order valence-electron chi connectivity index (χ1n) is 13.6. The normalized spacial score (nSPS) is 26.8. The summed E-state index contributed by atoms with van der Waals surface area (Å²) in [6, 6.07) is 4.46. The van der Waals surface area contributed by atoms with Crippen LogP contribution < -0.4 is 26.0 Å². The van der Waals surface area contributed by atoms with Crippen molar-refractivity contribution >= 4 is 29.5 Å². The first kappa shape index (κ1) is 30.9. The van der Waals surface area contributed by atoms with Crippen molar-refractivity contribution in [1.29, 1.82) is 0 Å². The smallest absolute Gasteiger partial charge is 0.255 e. The minimum Gasteiger partial charge on any atom is -0.491 e. The van der Waals surface area contributed by atoms with E-state index in [1.54, 1.807) is 43.0 Å². The van der Waals surface area contributed by atoms with E-state index in [1.807, 2.05) is 13.8 Å². The van der Waals surface area contributed by atoms with Crippen LogP contribution >= 0.6 is 0 Å². The lowest BCUT2D eigenvalue weighted by molar-refractivity contribution is -0.146. The van der Waals surface area contributed by atoms with E-state index in [1.165, 1.54) is 13.8 Å². The van der Waals surface area contributed by atoms with E-state index >= 15 is 0 Å². The minimum absolute atomic E-state index is 0.0617. The molecular weight excluding hydrogens is 518 g/mol. The highest BCUT2D eigenvalue weighted by molar-refractivity contribution is 6.01. The number of fused-ring (bicyclic) bond motifs is 1. The van der Waals surface area contributed by atoms with Crippen LogP contribution in [0.3, 0.4) is 0 Å². The molecule has 2 aliphatic rings. The van der Waals surface area contributed by atoms with Crippen LogP contribution in [0, 0.1) is 5.92 Å². The van der Waals surface area contributed by atoms with Crippen LogP contribution in [-0.4, -0.2) is 90.5 Å². The van der Waals surface area contributed by atoms with Gasteiger partial charge in [0.2, 0.25) is 23.6 Å². The predicted molar refractivity (Wildman–Crippen MR) is 146 cm³/mol. The van der Waals surface area contributed by atoms with Crippen molar-refractivity contribution < 1.29 is 33.4 Å². The Labute approximate surface area is 234 Å². The van der Waals surface area contributed by atoms with Crippen LogP contribution in [0.5, 0.6) is 5.75 Å². The molecule has 12 heteroatoms. The van der Waals surface area contributed by atoms with Gasteiger partial charge in [0.25, 0.3) is 5.91 Å². The fourth-order valence-electron chi connectivity index (χ4n) is 4.74. The summed E-state index contributed by atoms with van der Waals surface area (Å²) in [6.07, 6.45) is -0.831. The summed E-state index contributed by atoms with van der Waals surface area (Å²) >= 11 is 0. The molecule has 0 saturated carbocycles. The molecule has 0 radical (unpaired) electrons. The second-order valence-electron chi connectivity index (χ2n) is 11.2. The molecule has 40 heavy (non-hydrogen) atoms. The lowest BCUT2D eigenvalue weighted by atomic mass is 9.98. The Bertz CT molecular complexity index is 1110. The number of amides is 5. The topological polar surface area (TPSA) is 155 Å². The Kier molecular flexibility index (Phi) is 10.1. The van der Waals surface area contributed by atoms with Gasteiger partial charge in [-0.2, -0.15) is 0 Å². The van der Waals surface area contributed by atoms with Gasteiger partial charge in [0, 0.05) is 13.1 Å². The maximum atomic E-state index is 13.6. The maximum Gasteiger partial charge on any atom is 0.255 e. The number of hydrogen-bond acceptors (Lipinski definition) is 7. The van der Waals surface area contributed by atoms with Gasteiger partial charge in [0.15, 0.2) is 0 Å². The first-order valence-corrected chi connectivity index (χ1v) is 13.6. The van der Waals surface area contributed by atoms with Gasteiger partial charge in [0.05, 0.1) is 30.7 Å². The molecule has 0 bridgehead atoms. The number of carbonyl (C=O) groups is 5. The average molecular weight is 560 g/mol. The Morgan fingerprint density at radius 1 is 1.02 bits per heavy atom. The number of carbonyl (C=O) groups excluding carboxylic acids is 5. The molecule has 0 aromatic heterocycles. The summed E-state index contributed by atoms with van der Waals surface area (Å²) in [4.78, 5) is 67.8. The van der Waals surface area contributed by atoms with Crippen molar-refractivity contribution in [3.8, 4) is 5.75 Å². The molecule has 0 spiro atoms. The molecule has 220 valence electrons. The third-order valence-corrected chi connectivity index (χ3v) is 6.77. The van der Waals surface area contributed by atoms with Crippen LogP contribution in [0.4, 0.5) is 0 Å². The quantitative estimate of drug-likeness (QED) is 0.408. The summed E-state index contributed by atoms with van der Waals surface area (Å²) in [5.74, 6) is -2.58. The fourth-order valence-corrected chi connectivity index (χ4v) is 4.74. The number of rotatable bonds is 2. The van der Waals surface area contributed by atoms with Crippen molar-refractivity contribution in [2.75, 3.05) is 26.2 Å². The highest BCUT2D eigenvalue weighted by Gasteiger charge is 2.37. The van der Waals surface area contributed by atoms with E-state index in [2.05, 4.69) is 21.3 Å². The number of benzene rings is 1. The molecule has 3 rings (SSSR count). The highest BCUT2D eigenvalue weighted by atomic mass is 16.5. The molecule has 0 unspecified atom stereocenters. The van der Waals surface area contributed by atoms with E-state index in [4.69, 9.17) is 9.47 Å². The van der Waals surface area contributed by atoms with Gasteiger partial charge in [-0.25, -0.2) is 0 Å². The van der Waals surface area contributed by atoms with Gasteiger partial charge in [0.1, 0.15) is 30.0 Å². The number of ether oxygens (including phenoxy) is 2. The second-order valence-corrected chi connectivity index (χ2v) is 11.2. The number of morpholine rings is 1. The lowest BCUT2D eigenvalue weighted by Crippen LogP contribution is -2.61. The third-order valence-electron chi connectivity index (χ3n) is 6.77. The molecule has 2 heterocycles. The van der Waals surface area contributed by atoms with Gasteiger partial charge in [-0.05, 0) is 45.7 Å². The van der Waals surface area contributed by atoms with Crippen molar-refractivity contribution in [1.82, 2.24) is 26.2 Å². The van der Waals surface area contributed by atoms with Crippen LogP contribution in [0.2, 0.25) is 0 Å². The zero-order valence-electron chi connectivity index (χ0n) is 24.0. The van der Waals surface area contributed by atoms with Crippen molar-refractivity contribution in [2.45, 2.75) is 77.8 Å². The number of nitrogens with one attached hydrogen (secondary N) is 4. The molecule has 1 fully saturated rings. The van der Waals surface area contributed by atoms with E-state index in [0.717, 1.165) is 0 Å². The number of nitrogens with zero attached hydrogens (tertiary/aromatic N) is 1. The Hall–Kier alpha value is -3.67. The molecule has 1 aromatic rings. The minimum atomic E-state index is -1.41. The van der Waals surface area contributed by atoms with E-state index < -0.39 is 53.6 Å². The predicted octanol–water partition coefficient (Wildman–Crippen LogP) is 0.355. The van der Waals surface area contributed by atoms with Crippen LogP contribution in [0.15, 0.2) is 24.3 Å². The standard InChI is InChI=1S/C28H41N5O7/c1-16(2)23-25(36)29-11-12-39-21-10-8-7-9-19(21)24(35)30-20(13-22(34)32-28(5,6)27(38)31-23)26(37)33-14-17(3)40-18(4)15-33/h7-10,16-18,20,23H,11-15H2,1-6H3,(H,29,36)(H,30,35)(H,31,38)(H,32,34)/t17-,18+,20-,23+/m0/s1. The highest BCUT2D eigenvalue weighted by Crippen LogP contribution is 2.19. The number of hydrogen-bond donors (Lipinski definition) is 4. The zero-order valence-corrected chi connectivity index (χ0v) is 24.0. The molecular formula is C28H41N5O7. The van der Waals surface area contributed by atoms with Crippen LogP contribution in [-0.2, 0) is 23.9 Å². The molecule has 5 amide bonds. The van der Waals surface area contributed by atoms with Gasteiger partial charge < -0.3 is 35.6 Å². The molecule has 0 aliphatic carbocycles. The van der Waals surface area contributed by atoms with Gasteiger partial charge in [-0.3, -0.25) is 24.0 Å². The summed E-state index contributed by atoms with van der Waals surface area (Å²) in [5, 5.41) is 10.8. The molecule has 4 atom stereocenters. The fraction of sp³-hybridized carbons (Fsp3) is 0.607. The van der Waals surface area contributed by atoms with Gasteiger partial charge in [-0.1, -0.05) is 26.0 Å². The van der Waals surface area contributed by atoms with E-state index in [-0.39, 0.29) is 42.6 Å². The molecule has 1 aromatic carbocycles. The number of para-hydroxylation sites is 1. The van der Waals surface area contributed by atoms with Crippen LogP contribution in [0.1, 0.15) is 58.3 Å². The van der Waals surface area contributed by atoms with Crippen LogP contribution in [0.25, 0.3) is 0 Å². The summed E-state index contributed by atoms with van der Waals surface area (Å²) < 4.78 is 11.5. The molecule has 4 N–H and O–H groups in total. The van der Waals surface area contributed by atoms with Crippen molar-refractivity contribution in [3.05, 3.63) is 29.8 Å². The Balaban J connectivity index is 1.94. The van der Waals surface area contributed by atoms with Gasteiger partial charge >= 0.3 is 0 Å². The van der Waals surface area contributed by atoms with Gasteiger partial charge in [-0.15, -0.1) is 0 Å². The second kappa shape index (κ2) is 13.1. The van der Waals surface area contributed by atoms with E-state index in [0.29, 0.717) is 13.1 Å². The summed E-state index contributed by atoms with van der Waals surface area (Å²) in [5.41, 5.74) is -1.23. The summed E-state index contributed by atoms with van der Waals surface area (Å²) in [7, 11) is 0.